The maximum atomic E-state index is 12.7. The normalized spacial score (nSPS) is 11.2. The lowest BCUT2D eigenvalue weighted by Gasteiger charge is -2.23. The zero-order valence-electron chi connectivity index (χ0n) is 15.2. The van der Waals surface area contributed by atoms with Crippen LogP contribution < -0.4 is 0 Å². The van der Waals surface area contributed by atoms with E-state index in [1.165, 1.54) is 0 Å². The highest BCUT2D eigenvalue weighted by atomic mass is 16.5. The van der Waals surface area contributed by atoms with Crippen molar-refractivity contribution in [2.75, 3.05) is 26.3 Å². The van der Waals surface area contributed by atoms with Crippen molar-refractivity contribution in [2.45, 2.75) is 46.0 Å². The molecule has 0 unspecified atom stereocenters. The average molecular weight is 335 g/mol. The number of benzene rings is 1. The zero-order chi connectivity index (χ0) is 18.2. The zero-order valence-corrected chi connectivity index (χ0v) is 15.2. The van der Waals surface area contributed by atoms with E-state index in [1.54, 1.807) is 11.8 Å². The van der Waals surface area contributed by atoms with Gasteiger partial charge in [0.25, 0.3) is 5.91 Å². The fraction of sp³-hybridized carbons (Fsp3) is 0.579. The highest BCUT2D eigenvalue weighted by Crippen LogP contribution is 2.22. The Morgan fingerprint density at radius 3 is 2.25 bits per heavy atom. The van der Waals surface area contributed by atoms with Gasteiger partial charge >= 0.3 is 5.97 Å². The average Bonchev–Trinajstić information content (AvgIpc) is 2.54. The van der Waals surface area contributed by atoms with E-state index in [1.807, 2.05) is 24.3 Å². The predicted octanol–water partition coefficient (Wildman–Crippen LogP) is 2.76. The molecule has 1 aromatic carbocycles. The van der Waals surface area contributed by atoms with Crippen LogP contribution in [0.2, 0.25) is 0 Å². The van der Waals surface area contributed by atoms with Gasteiger partial charge in [-0.05, 0) is 36.5 Å². The number of carbonyl (C=O) groups excluding carboxylic acids is 2. The number of carbonyl (C=O) groups is 2. The van der Waals surface area contributed by atoms with E-state index in [4.69, 9.17) is 9.84 Å². The molecule has 0 aliphatic rings. The Balaban J connectivity index is 2.81. The van der Waals surface area contributed by atoms with Crippen LogP contribution in [0, 0.1) is 0 Å². The molecular formula is C19H29NO4. The van der Waals surface area contributed by atoms with Crippen LogP contribution in [0.3, 0.4) is 0 Å². The summed E-state index contributed by atoms with van der Waals surface area (Å²) in [5, 5.41) is 9.03. The Kier molecular flexibility index (Phi) is 7.92. The summed E-state index contributed by atoms with van der Waals surface area (Å²) < 4.78 is 4.91. The van der Waals surface area contributed by atoms with Gasteiger partial charge in [-0.3, -0.25) is 9.59 Å². The number of aliphatic hydroxyl groups is 1. The van der Waals surface area contributed by atoms with Gasteiger partial charge in [0, 0.05) is 25.3 Å². The number of aliphatic hydroxyl groups excluding tert-OH is 1. The molecule has 0 radical (unpaired) electrons. The predicted molar refractivity (Wildman–Crippen MR) is 94.0 cm³/mol. The second-order valence-corrected chi connectivity index (χ2v) is 6.75. The quantitative estimate of drug-likeness (QED) is 0.742. The fourth-order valence-electron chi connectivity index (χ4n) is 2.33. The third-order valence-electron chi connectivity index (χ3n) is 3.76. The number of esters is 1. The van der Waals surface area contributed by atoms with Gasteiger partial charge in [0.15, 0.2) is 0 Å². The lowest BCUT2D eigenvalue weighted by molar-refractivity contribution is -0.143. The molecule has 0 aliphatic heterocycles. The first-order valence-corrected chi connectivity index (χ1v) is 8.46. The third kappa shape index (κ3) is 6.32. The van der Waals surface area contributed by atoms with Crippen molar-refractivity contribution < 1.29 is 19.4 Å². The van der Waals surface area contributed by atoms with Gasteiger partial charge in [0.05, 0.1) is 13.0 Å². The van der Waals surface area contributed by atoms with Crippen LogP contribution in [0.15, 0.2) is 24.3 Å². The van der Waals surface area contributed by atoms with E-state index in [2.05, 4.69) is 20.8 Å². The van der Waals surface area contributed by atoms with Crippen LogP contribution in [-0.2, 0) is 14.9 Å². The lowest BCUT2D eigenvalue weighted by Crippen LogP contribution is -2.34. The molecule has 0 aromatic heterocycles. The van der Waals surface area contributed by atoms with Crippen molar-refractivity contribution in [1.29, 1.82) is 0 Å². The van der Waals surface area contributed by atoms with Crippen molar-refractivity contribution in [3.05, 3.63) is 35.4 Å². The summed E-state index contributed by atoms with van der Waals surface area (Å²) in [5.74, 6) is -0.449. The Labute approximate surface area is 144 Å². The van der Waals surface area contributed by atoms with E-state index in [0.29, 0.717) is 31.7 Å². The van der Waals surface area contributed by atoms with Crippen LogP contribution in [-0.4, -0.2) is 48.2 Å². The second kappa shape index (κ2) is 9.42. The van der Waals surface area contributed by atoms with Crippen LogP contribution in [0.4, 0.5) is 0 Å². The van der Waals surface area contributed by atoms with Gasteiger partial charge in [-0.1, -0.05) is 32.9 Å². The molecule has 1 aromatic rings. The summed E-state index contributed by atoms with van der Waals surface area (Å²) in [6, 6.07) is 7.56. The van der Waals surface area contributed by atoms with Gasteiger partial charge in [0.2, 0.25) is 0 Å². The maximum absolute atomic E-state index is 12.7. The molecule has 5 nitrogen and oxygen atoms in total. The van der Waals surface area contributed by atoms with Crippen molar-refractivity contribution >= 4 is 11.9 Å². The standard InChI is InChI=1S/C19H29NO4/c1-5-24-17(22)11-13-20(12-6-14-21)18(23)15-7-9-16(10-8-15)19(2,3)4/h7-10,21H,5-6,11-14H2,1-4H3. The summed E-state index contributed by atoms with van der Waals surface area (Å²) in [7, 11) is 0. The van der Waals surface area contributed by atoms with Gasteiger partial charge in [0.1, 0.15) is 0 Å². The van der Waals surface area contributed by atoms with Crippen LogP contribution in [0.1, 0.15) is 56.5 Å². The molecule has 1 N–H and O–H groups in total. The number of rotatable bonds is 8. The summed E-state index contributed by atoms with van der Waals surface area (Å²) >= 11 is 0. The first-order chi connectivity index (χ1) is 11.3. The molecule has 0 fully saturated rings. The molecule has 1 amide bonds. The SMILES string of the molecule is CCOC(=O)CCN(CCCO)C(=O)c1ccc(C(C)(C)C)cc1. The summed E-state index contributed by atoms with van der Waals surface area (Å²) in [6.45, 7) is 9.16. The van der Waals surface area contributed by atoms with E-state index in [9.17, 15) is 9.59 Å². The van der Waals surface area contributed by atoms with E-state index >= 15 is 0 Å². The summed E-state index contributed by atoms with van der Waals surface area (Å²) in [4.78, 5) is 25.8. The molecule has 0 heterocycles. The highest BCUT2D eigenvalue weighted by Gasteiger charge is 2.19. The van der Waals surface area contributed by atoms with Crippen LogP contribution >= 0.6 is 0 Å². The fourth-order valence-corrected chi connectivity index (χ4v) is 2.33. The molecule has 1 rings (SSSR count). The Bertz CT molecular complexity index is 531. The van der Waals surface area contributed by atoms with Crippen molar-refractivity contribution in [2.24, 2.45) is 0 Å². The number of hydrogen-bond donors (Lipinski definition) is 1. The summed E-state index contributed by atoms with van der Waals surface area (Å²) in [5.41, 5.74) is 1.78. The Morgan fingerprint density at radius 2 is 1.75 bits per heavy atom. The third-order valence-corrected chi connectivity index (χ3v) is 3.76. The molecule has 24 heavy (non-hydrogen) atoms. The van der Waals surface area contributed by atoms with Gasteiger partial charge in [-0.2, -0.15) is 0 Å². The number of nitrogens with zero attached hydrogens (tertiary/aromatic N) is 1. The topological polar surface area (TPSA) is 66.8 Å². The maximum Gasteiger partial charge on any atom is 0.307 e. The van der Waals surface area contributed by atoms with Crippen molar-refractivity contribution in [1.82, 2.24) is 4.90 Å². The van der Waals surface area contributed by atoms with Crippen molar-refractivity contribution in [3.8, 4) is 0 Å². The number of hydrogen-bond acceptors (Lipinski definition) is 4. The number of ether oxygens (including phenoxy) is 1. The largest absolute Gasteiger partial charge is 0.466 e. The minimum atomic E-state index is -0.317. The molecular weight excluding hydrogens is 306 g/mol. The Hall–Kier alpha value is -1.88. The van der Waals surface area contributed by atoms with E-state index in [0.717, 1.165) is 5.56 Å². The minimum Gasteiger partial charge on any atom is -0.466 e. The van der Waals surface area contributed by atoms with Gasteiger partial charge in [-0.15, -0.1) is 0 Å². The smallest absolute Gasteiger partial charge is 0.307 e. The molecule has 0 aliphatic carbocycles. The first kappa shape index (κ1) is 20.2. The molecule has 5 heteroatoms. The van der Waals surface area contributed by atoms with Crippen LogP contribution in [0.5, 0.6) is 0 Å². The Morgan fingerprint density at radius 1 is 1.12 bits per heavy atom. The number of amides is 1. The van der Waals surface area contributed by atoms with Crippen LogP contribution in [0.25, 0.3) is 0 Å². The summed E-state index contributed by atoms with van der Waals surface area (Å²) in [6.07, 6.45) is 0.639. The first-order valence-electron chi connectivity index (χ1n) is 8.46. The van der Waals surface area contributed by atoms with Crippen molar-refractivity contribution in [3.63, 3.8) is 0 Å². The lowest BCUT2D eigenvalue weighted by atomic mass is 9.86. The minimum absolute atomic E-state index is 0.00610. The highest BCUT2D eigenvalue weighted by molar-refractivity contribution is 5.94. The van der Waals surface area contributed by atoms with E-state index in [-0.39, 0.29) is 30.3 Å². The monoisotopic (exact) mass is 335 g/mol. The molecule has 0 bridgehead atoms. The molecule has 0 spiro atoms. The van der Waals surface area contributed by atoms with Gasteiger partial charge in [-0.25, -0.2) is 0 Å². The molecule has 0 saturated carbocycles. The molecule has 134 valence electrons. The second-order valence-electron chi connectivity index (χ2n) is 6.75. The molecule has 0 atom stereocenters. The van der Waals surface area contributed by atoms with Gasteiger partial charge < -0.3 is 14.7 Å². The van der Waals surface area contributed by atoms with E-state index < -0.39 is 0 Å². The molecule has 0 saturated heterocycles.